The lowest BCUT2D eigenvalue weighted by Gasteiger charge is -2.19. The van der Waals surface area contributed by atoms with Crippen molar-refractivity contribution in [1.82, 2.24) is 10.2 Å². The van der Waals surface area contributed by atoms with Crippen molar-refractivity contribution in [3.63, 3.8) is 0 Å². The van der Waals surface area contributed by atoms with E-state index in [1.807, 2.05) is 6.07 Å². The predicted octanol–water partition coefficient (Wildman–Crippen LogP) is 1.16. The van der Waals surface area contributed by atoms with Crippen LogP contribution in [0.3, 0.4) is 0 Å². The van der Waals surface area contributed by atoms with Crippen LogP contribution in [-0.4, -0.2) is 48.4 Å². The topological polar surface area (TPSA) is 86.7 Å². The van der Waals surface area contributed by atoms with Gasteiger partial charge in [-0.1, -0.05) is 19.1 Å². The van der Waals surface area contributed by atoms with Gasteiger partial charge in [-0.05, 0) is 24.1 Å². The van der Waals surface area contributed by atoms with Gasteiger partial charge < -0.3 is 15.3 Å². The number of aryl methyl sites for hydroxylation is 1. The first kappa shape index (κ1) is 17.7. The number of nitrogens with one attached hydrogen (secondary N) is 1. The van der Waals surface area contributed by atoms with Crippen LogP contribution in [0.15, 0.2) is 24.3 Å². The molecule has 0 saturated heterocycles. The van der Waals surface area contributed by atoms with Gasteiger partial charge in [0.2, 0.25) is 5.91 Å². The quantitative estimate of drug-likeness (QED) is 0.791. The van der Waals surface area contributed by atoms with Gasteiger partial charge in [0.1, 0.15) is 0 Å². The number of carbonyl (C=O) groups is 3. The Balaban J connectivity index is 2.57. The van der Waals surface area contributed by atoms with Crippen molar-refractivity contribution in [3.8, 4) is 0 Å². The molecule has 2 N–H and O–H groups in total. The maximum Gasteiger partial charge on any atom is 0.308 e. The third-order valence-electron chi connectivity index (χ3n) is 3.44. The van der Waals surface area contributed by atoms with Crippen LogP contribution in [0, 0.1) is 5.92 Å². The van der Waals surface area contributed by atoms with Gasteiger partial charge in [-0.3, -0.25) is 14.4 Å². The molecule has 1 atom stereocenters. The summed E-state index contributed by atoms with van der Waals surface area (Å²) in [5.74, 6) is -1.79. The summed E-state index contributed by atoms with van der Waals surface area (Å²) in [6, 6.07) is 7.11. The van der Waals surface area contributed by atoms with Crippen molar-refractivity contribution in [2.75, 3.05) is 20.6 Å². The minimum atomic E-state index is -0.919. The van der Waals surface area contributed by atoms with Crippen LogP contribution in [0.25, 0.3) is 0 Å². The molecule has 22 heavy (non-hydrogen) atoms. The first-order valence-corrected chi connectivity index (χ1v) is 7.13. The van der Waals surface area contributed by atoms with E-state index in [-0.39, 0.29) is 24.8 Å². The van der Waals surface area contributed by atoms with Gasteiger partial charge >= 0.3 is 5.97 Å². The molecule has 1 rings (SSSR count). The summed E-state index contributed by atoms with van der Waals surface area (Å²) in [5, 5.41) is 11.4. The lowest BCUT2D eigenvalue weighted by molar-refractivity contribution is -0.142. The number of amides is 2. The zero-order chi connectivity index (χ0) is 16.7. The van der Waals surface area contributed by atoms with Gasteiger partial charge in [0.15, 0.2) is 0 Å². The third-order valence-corrected chi connectivity index (χ3v) is 3.44. The number of benzene rings is 1. The second kappa shape index (κ2) is 8.17. The zero-order valence-electron chi connectivity index (χ0n) is 13.1. The van der Waals surface area contributed by atoms with Gasteiger partial charge in [0, 0.05) is 32.6 Å². The van der Waals surface area contributed by atoms with Crippen LogP contribution >= 0.6 is 0 Å². The summed E-state index contributed by atoms with van der Waals surface area (Å²) >= 11 is 0. The van der Waals surface area contributed by atoms with Crippen LogP contribution in [0.5, 0.6) is 0 Å². The molecule has 0 aliphatic heterocycles. The molecule has 0 aromatic heterocycles. The summed E-state index contributed by atoms with van der Waals surface area (Å²) in [4.78, 5) is 35.8. The minimum absolute atomic E-state index is 0.113. The molecule has 2 amide bonds. The molecule has 0 bridgehead atoms. The van der Waals surface area contributed by atoms with Crippen molar-refractivity contribution in [2.24, 2.45) is 5.92 Å². The van der Waals surface area contributed by atoms with E-state index in [4.69, 9.17) is 5.11 Å². The second-order valence-electron chi connectivity index (χ2n) is 5.29. The third kappa shape index (κ3) is 5.20. The molecule has 0 fully saturated rings. The highest BCUT2D eigenvalue weighted by Gasteiger charge is 2.17. The standard InChI is InChI=1S/C16H22N2O4/c1-11(16(21)22)10-18(3)14(19)8-7-12-5-4-6-13(9-12)15(20)17-2/h4-6,9,11H,7-8,10H2,1-3H3,(H,17,20)(H,21,22). The minimum Gasteiger partial charge on any atom is -0.481 e. The number of rotatable bonds is 7. The van der Waals surface area contributed by atoms with E-state index in [1.165, 1.54) is 4.90 Å². The van der Waals surface area contributed by atoms with Crippen molar-refractivity contribution in [1.29, 1.82) is 0 Å². The number of aliphatic carboxylic acids is 1. The molecule has 0 aliphatic rings. The van der Waals surface area contributed by atoms with E-state index in [2.05, 4.69) is 5.32 Å². The van der Waals surface area contributed by atoms with E-state index in [0.29, 0.717) is 12.0 Å². The van der Waals surface area contributed by atoms with Crippen molar-refractivity contribution >= 4 is 17.8 Å². The maximum atomic E-state index is 12.0. The molecule has 0 spiro atoms. The molecule has 1 aromatic rings. The summed E-state index contributed by atoms with van der Waals surface area (Å²) in [6.45, 7) is 1.76. The fourth-order valence-electron chi connectivity index (χ4n) is 2.05. The summed E-state index contributed by atoms with van der Waals surface area (Å²) in [5.41, 5.74) is 1.45. The SMILES string of the molecule is CNC(=O)c1cccc(CCC(=O)N(C)CC(C)C(=O)O)c1. The Morgan fingerprint density at radius 2 is 2.00 bits per heavy atom. The summed E-state index contributed by atoms with van der Waals surface area (Å²) in [7, 11) is 3.17. The van der Waals surface area contributed by atoms with Gasteiger partial charge in [-0.2, -0.15) is 0 Å². The van der Waals surface area contributed by atoms with E-state index in [1.54, 1.807) is 39.2 Å². The van der Waals surface area contributed by atoms with Crippen molar-refractivity contribution in [2.45, 2.75) is 19.8 Å². The molecule has 6 nitrogen and oxygen atoms in total. The fraction of sp³-hybridized carbons (Fsp3) is 0.438. The van der Waals surface area contributed by atoms with Crippen molar-refractivity contribution < 1.29 is 19.5 Å². The highest BCUT2D eigenvalue weighted by molar-refractivity contribution is 5.94. The van der Waals surface area contributed by atoms with Gasteiger partial charge in [-0.15, -0.1) is 0 Å². The maximum absolute atomic E-state index is 12.0. The van der Waals surface area contributed by atoms with E-state index < -0.39 is 11.9 Å². The Kier molecular flexibility index (Phi) is 6.56. The normalized spacial score (nSPS) is 11.6. The molecule has 0 radical (unpaired) electrons. The Labute approximate surface area is 130 Å². The first-order valence-electron chi connectivity index (χ1n) is 7.13. The number of carbonyl (C=O) groups excluding carboxylic acids is 2. The lowest BCUT2D eigenvalue weighted by Crippen LogP contribution is -2.33. The molecule has 0 heterocycles. The smallest absolute Gasteiger partial charge is 0.308 e. The molecule has 120 valence electrons. The van der Waals surface area contributed by atoms with Crippen LogP contribution in [0.1, 0.15) is 29.3 Å². The Morgan fingerprint density at radius 1 is 1.32 bits per heavy atom. The highest BCUT2D eigenvalue weighted by atomic mass is 16.4. The number of carboxylic acid groups (broad SMARTS) is 1. The van der Waals surface area contributed by atoms with E-state index >= 15 is 0 Å². The molecule has 6 heteroatoms. The van der Waals surface area contributed by atoms with Crippen LogP contribution in [-0.2, 0) is 16.0 Å². The zero-order valence-corrected chi connectivity index (χ0v) is 13.1. The summed E-state index contributed by atoms with van der Waals surface area (Å²) < 4.78 is 0. The molecular formula is C16H22N2O4. The highest BCUT2D eigenvalue weighted by Crippen LogP contribution is 2.09. The number of hydrogen-bond donors (Lipinski definition) is 2. The predicted molar refractivity (Wildman–Crippen MR) is 82.6 cm³/mol. The lowest BCUT2D eigenvalue weighted by atomic mass is 10.1. The van der Waals surface area contributed by atoms with E-state index in [0.717, 1.165) is 5.56 Å². The van der Waals surface area contributed by atoms with Crippen molar-refractivity contribution in [3.05, 3.63) is 35.4 Å². The second-order valence-corrected chi connectivity index (χ2v) is 5.29. The average Bonchev–Trinajstić information content (AvgIpc) is 2.51. The number of hydrogen-bond acceptors (Lipinski definition) is 3. The molecular weight excluding hydrogens is 284 g/mol. The Bertz CT molecular complexity index is 557. The monoisotopic (exact) mass is 306 g/mol. The van der Waals surface area contributed by atoms with Crippen LogP contribution < -0.4 is 5.32 Å². The molecule has 1 unspecified atom stereocenters. The molecule has 1 aromatic carbocycles. The Hall–Kier alpha value is -2.37. The van der Waals surface area contributed by atoms with Gasteiger partial charge in [-0.25, -0.2) is 0 Å². The Morgan fingerprint density at radius 3 is 2.59 bits per heavy atom. The van der Waals surface area contributed by atoms with Crippen LogP contribution in [0.2, 0.25) is 0 Å². The largest absolute Gasteiger partial charge is 0.481 e. The van der Waals surface area contributed by atoms with Crippen LogP contribution in [0.4, 0.5) is 0 Å². The van der Waals surface area contributed by atoms with E-state index in [9.17, 15) is 14.4 Å². The van der Waals surface area contributed by atoms with Gasteiger partial charge in [0.05, 0.1) is 5.92 Å². The number of nitrogens with zero attached hydrogens (tertiary/aromatic N) is 1. The summed E-state index contributed by atoms with van der Waals surface area (Å²) in [6.07, 6.45) is 0.787. The average molecular weight is 306 g/mol. The molecule has 0 saturated carbocycles. The molecule has 0 aliphatic carbocycles. The fourth-order valence-corrected chi connectivity index (χ4v) is 2.05. The first-order chi connectivity index (χ1) is 10.3. The van der Waals surface area contributed by atoms with Gasteiger partial charge in [0.25, 0.3) is 5.91 Å². The number of carboxylic acids is 1.